The summed E-state index contributed by atoms with van der Waals surface area (Å²) in [6, 6.07) is 14.8. The third-order valence-corrected chi connectivity index (χ3v) is 8.06. The Morgan fingerprint density at radius 2 is 1.82 bits per heavy atom. The lowest BCUT2D eigenvalue weighted by Gasteiger charge is -2.37. The Balaban J connectivity index is 1.67. The van der Waals surface area contributed by atoms with Crippen LogP contribution in [0.4, 0.5) is 4.39 Å². The summed E-state index contributed by atoms with van der Waals surface area (Å²) in [5.41, 5.74) is 11.8. The number of hydrogen-bond acceptors (Lipinski definition) is 7. The van der Waals surface area contributed by atoms with Crippen molar-refractivity contribution in [3.63, 3.8) is 0 Å². The van der Waals surface area contributed by atoms with Gasteiger partial charge in [-0.05, 0) is 61.1 Å². The molecule has 2 fully saturated rings. The highest BCUT2D eigenvalue weighted by atomic mass is 19.1. The van der Waals surface area contributed by atoms with E-state index in [2.05, 4.69) is 16.7 Å². The number of hydrazine groups is 1. The zero-order chi connectivity index (χ0) is 27.3. The molecule has 4 aromatic rings. The van der Waals surface area contributed by atoms with Crippen molar-refractivity contribution < 1.29 is 19.0 Å². The van der Waals surface area contributed by atoms with E-state index >= 15 is 0 Å². The lowest BCUT2D eigenvalue weighted by atomic mass is 9.86. The summed E-state index contributed by atoms with van der Waals surface area (Å²) in [5.74, 6) is 6.14. The fraction of sp³-hybridized carbons (Fsp3) is 0.367. The van der Waals surface area contributed by atoms with Crippen molar-refractivity contribution in [2.24, 2.45) is 17.5 Å². The average Bonchev–Trinajstić information content (AvgIpc) is 3.21. The number of halogens is 1. The number of pyridine rings is 1. The Kier molecular flexibility index (Phi) is 6.55. The number of aromatic nitrogens is 2. The lowest BCUT2D eigenvalue weighted by Crippen LogP contribution is -2.46. The third kappa shape index (κ3) is 4.45. The quantitative estimate of drug-likeness (QED) is 0.255. The van der Waals surface area contributed by atoms with Gasteiger partial charge in [0, 0.05) is 43.1 Å². The fourth-order valence-electron chi connectivity index (χ4n) is 6.12. The molecule has 4 heterocycles. The molecule has 39 heavy (non-hydrogen) atoms. The van der Waals surface area contributed by atoms with E-state index in [0.717, 1.165) is 51.5 Å². The molecule has 2 aromatic heterocycles. The highest BCUT2D eigenvalue weighted by Gasteiger charge is 2.39. The molecule has 1 atom stereocenters. The number of nitrogens with zero attached hydrogens (tertiary/aromatic N) is 3. The van der Waals surface area contributed by atoms with Gasteiger partial charge in [-0.2, -0.15) is 0 Å². The van der Waals surface area contributed by atoms with Crippen molar-refractivity contribution >= 4 is 27.6 Å². The van der Waals surface area contributed by atoms with E-state index in [-0.39, 0.29) is 31.0 Å². The third-order valence-electron chi connectivity index (χ3n) is 8.06. The maximum absolute atomic E-state index is 14.1. The van der Waals surface area contributed by atoms with Crippen molar-refractivity contribution in [3.05, 3.63) is 82.9 Å². The van der Waals surface area contributed by atoms with E-state index in [1.54, 1.807) is 13.2 Å². The molecule has 2 aliphatic rings. The van der Waals surface area contributed by atoms with E-state index in [4.69, 9.17) is 26.0 Å². The highest BCUT2D eigenvalue weighted by molar-refractivity contribution is 6.06. The molecule has 0 aliphatic carbocycles. The number of allylic oxidation sites excluding steroid dienone is 1. The molecule has 204 valence electrons. The SMILES string of the molecule is C/C(N)=C(\c1cnc2c3ccc(C4(O)COC4)cc3n([C@H](c3ccc(F)cc3)C3CCOCC3)c2c1)N(C)N. The Hall–Kier alpha value is -3.50. The van der Waals surface area contributed by atoms with Crippen LogP contribution in [0.2, 0.25) is 0 Å². The molecular formula is C30H34FN5O3. The lowest BCUT2D eigenvalue weighted by molar-refractivity contribution is -0.184. The molecule has 0 amide bonds. The van der Waals surface area contributed by atoms with Crippen molar-refractivity contribution in [1.29, 1.82) is 0 Å². The number of rotatable bonds is 6. The van der Waals surface area contributed by atoms with Crippen molar-refractivity contribution in [2.75, 3.05) is 33.5 Å². The molecule has 9 heteroatoms. The Morgan fingerprint density at radius 3 is 2.44 bits per heavy atom. The van der Waals surface area contributed by atoms with Crippen LogP contribution in [0.15, 0.2) is 60.4 Å². The maximum atomic E-state index is 14.1. The molecule has 0 radical (unpaired) electrons. The number of aliphatic hydroxyl groups is 1. The summed E-state index contributed by atoms with van der Waals surface area (Å²) in [6.45, 7) is 3.67. The largest absolute Gasteiger partial charge is 0.401 e. The fourth-order valence-corrected chi connectivity index (χ4v) is 6.12. The summed E-state index contributed by atoms with van der Waals surface area (Å²) in [4.78, 5) is 4.91. The number of hydrogen-bond donors (Lipinski definition) is 3. The molecule has 0 bridgehead atoms. The van der Waals surface area contributed by atoms with Crippen LogP contribution >= 0.6 is 0 Å². The van der Waals surface area contributed by atoms with Crippen LogP contribution in [-0.2, 0) is 15.1 Å². The Morgan fingerprint density at radius 1 is 1.10 bits per heavy atom. The molecule has 5 N–H and O–H groups in total. The van der Waals surface area contributed by atoms with Crippen LogP contribution in [0.1, 0.15) is 42.5 Å². The minimum atomic E-state index is -1.02. The number of fused-ring (bicyclic) bond motifs is 3. The van der Waals surface area contributed by atoms with Gasteiger partial charge in [0.15, 0.2) is 0 Å². The van der Waals surface area contributed by atoms with E-state index in [9.17, 15) is 9.50 Å². The minimum Gasteiger partial charge on any atom is -0.401 e. The Labute approximate surface area is 226 Å². The highest BCUT2D eigenvalue weighted by Crippen LogP contribution is 2.42. The van der Waals surface area contributed by atoms with E-state index in [1.807, 2.05) is 31.2 Å². The van der Waals surface area contributed by atoms with Crippen LogP contribution < -0.4 is 11.6 Å². The van der Waals surface area contributed by atoms with Gasteiger partial charge in [0.05, 0.1) is 41.5 Å². The number of ether oxygens (including phenoxy) is 2. The zero-order valence-corrected chi connectivity index (χ0v) is 22.2. The van der Waals surface area contributed by atoms with Gasteiger partial charge in [-0.15, -0.1) is 0 Å². The first-order valence-corrected chi connectivity index (χ1v) is 13.3. The second-order valence-corrected chi connectivity index (χ2v) is 10.8. The average molecular weight is 532 g/mol. The molecular weight excluding hydrogens is 497 g/mol. The zero-order valence-electron chi connectivity index (χ0n) is 22.2. The summed E-state index contributed by atoms with van der Waals surface area (Å²) >= 11 is 0. The molecule has 2 saturated heterocycles. The number of benzene rings is 2. The van der Waals surface area contributed by atoms with Crippen molar-refractivity contribution in [2.45, 2.75) is 31.4 Å². The maximum Gasteiger partial charge on any atom is 0.136 e. The molecule has 0 saturated carbocycles. The van der Waals surface area contributed by atoms with Crippen LogP contribution in [-0.4, -0.2) is 53.1 Å². The van der Waals surface area contributed by atoms with Crippen LogP contribution in [0, 0.1) is 11.7 Å². The molecule has 0 spiro atoms. The minimum absolute atomic E-state index is 0.115. The summed E-state index contributed by atoms with van der Waals surface area (Å²) in [6.07, 6.45) is 3.53. The van der Waals surface area contributed by atoms with Crippen molar-refractivity contribution in [3.8, 4) is 0 Å². The first kappa shape index (κ1) is 25.8. The Bertz CT molecular complexity index is 1550. The van der Waals surface area contributed by atoms with Gasteiger partial charge in [-0.1, -0.05) is 24.3 Å². The monoisotopic (exact) mass is 531 g/mol. The standard InChI is InChI=1S/C30H34FN5O3/c1-18(32)28(35(2)33)21-13-26-27(34-15-21)24-8-5-22(30(37)16-39-17-30)14-25(24)36(26)29(20-9-11-38-12-10-20)19-3-6-23(31)7-4-19/h3-8,13-15,20,29,37H,9-12,16-17,32-33H2,1-2H3/b28-18-/t29-/m1/s1. The van der Waals surface area contributed by atoms with Crippen LogP contribution in [0.5, 0.6) is 0 Å². The van der Waals surface area contributed by atoms with Gasteiger partial charge in [0.25, 0.3) is 0 Å². The van der Waals surface area contributed by atoms with Gasteiger partial charge < -0.3 is 29.9 Å². The number of nitrogens with two attached hydrogens (primary N) is 2. The van der Waals surface area contributed by atoms with Crippen LogP contribution in [0.3, 0.4) is 0 Å². The van der Waals surface area contributed by atoms with Gasteiger partial charge in [0.1, 0.15) is 11.4 Å². The van der Waals surface area contributed by atoms with Gasteiger partial charge in [-0.25, -0.2) is 10.2 Å². The summed E-state index contributed by atoms with van der Waals surface area (Å²) in [5, 5.41) is 13.6. The predicted octanol–water partition coefficient (Wildman–Crippen LogP) is 4.02. The molecule has 2 aliphatic heterocycles. The first-order valence-electron chi connectivity index (χ1n) is 13.3. The molecule has 0 unspecified atom stereocenters. The van der Waals surface area contributed by atoms with Gasteiger partial charge in [-0.3, -0.25) is 4.98 Å². The van der Waals surface area contributed by atoms with Gasteiger partial charge >= 0.3 is 0 Å². The van der Waals surface area contributed by atoms with E-state index in [0.29, 0.717) is 24.6 Å². The molecule has 2 aromatic carbocycles. The summed E-state index contributed by atoms with van der Waals surface area (Å²) < 4.78 is 27.4. The predicted molar refractivity (Wildman–Crippen MR) is 149 cm³/mol. The molecule has 6 rings (SSSR count). The molecule has 8 nitrogen and oxygen atoms in total. The second-order valence-electron chi connectivity index (χ2n) is 10.8. The van der Waals surface area contributed by atoms with Crippen molar-refractivity contribution in [1.82, 2.24) is 14.6 Å². The van der Waals surface area contributed by atoms with E-state index < -0.39 is 5.60 Å². The van der Waals surface area contributed by atoms with Gasteiger partial charge in [0.2, 0.25) is 0 Å². The van der Waals surface area contributed by atoms with E-state index in [1.165, 1.54) is 17.1 Å². The first-order chi connectivity index (χ1) is 18.8. The second kappa shape index (κ2) is 9.91. The topological polar surface area (TPSA) is 112 Å². The van der Waals surface area contributed by atoms with Crippen LogP contribution in [0.25, 0.3) is 27.6 Å². The smallest absolute Gasteiger partial charge is 0.136 e. The summed E-state index contributed by atoms with van der Waals surface area (Å²) in [7, 11) is 1.75. The normalized spacial score (nSPS) is 19.1.